The van der Waals surface area contributed by atoms with Crippen molar-refractivity contribution in [2.45, 2.75) is 77.0 Å². The summed E-state index contributed by atoms with van der Waals surface area (Å²) in [4.78, 5) is 11.2. The van der Waals surface area contributed by atoms with Gasteiger partial charge in [0.15, 0.2) is 0 Å². The molecule has 142 valence electrons. The number of carbonyl (C=O) groups excluding carboxylic acids is 1. The van der Waals surface area contributed by atoms with Crippen molar-refractivity contribution in [3.05, 3.63) is 35.4 Å². The van der Waals surface area contributed by atoms with Crippen LogP contribution in [0.25, 0.3) is 0 Å². The molecule has 2 N–H and O–H groups in total. The van der Waals surface area contributed by atoms with Gasteiger partial charge in [-0.05, 0) is 79.2 Å². The summed E-state index contributed by atoms with van der Waals surface area (Å²) in [6.07, 6.45) is 16.1. The van der Waals surface area contributed by atoms with E-state index >= 15 is 0 Å². The molecule has 26 heavy (non-hydrogen) atoms. The van der Waals surface area contributed by atoms with E-state index in [0.717, 1.165) is 29.7 Å². The minimum atomic E-state index is -0.357. The number of fused-ring (bicyclic) bond motifs is 2. The fraction of sp³-hybridized carbons (Fsp3) is 0.696. The van der Waals surface area contributed by atoms with E-state index in [1.165, 1.54) is 63.4 Å². The van der Waals surface area contributed by atoms with Crippen LogP contribution in [0.5, 0.6) is 0 Å². The number of aryl methyl sites for hydroxylation is 1. The SMILES string of the molecule is O=C(Cc1ccc(CCCCC23CC4CCCC(C2)C(C4)C3)cc1)NO. The molecule has 3 aliphatic rings. The Bertz CT molecular complexity index is 622. The van der Waals surface area contributed by atoms with Crippen molar-refractivity contribution >= 4 is 5.91 Å². The zero-order valence-electron chi connectivity index (χ0n) is 15.9. The van der Waals surface area contributed by atoms with Gasteiger partial charge in [-0.25, -0.2) is 5.48 Å². The lowest BCUT2D eigenvalue weighted by atomic mass is 9.67. The number of amides is 1. The molecule has 0 spiro atoms. The molecular formula is C23H33NO2. The monoisotopic (exact) mass is 355 g/mol. The molecule has 1 amide bonds. The number of hydrogen-bond donors (Lipinski definition) is 2. The number of hydrogen-bond acceptors (Lipinski definition) is 2. The summed E-state index contributed by atoms with van der Waals surface area (Å²) >= 11 is 0. The molecule has 0 saturated heterocycles. The molecule has 0 heterocycles. The van der Waals surface area contributed by atoms with E-state index in [1.54, 1.807) is 11.9 Å². The second kappa shape index (κ2) is 7.72. The number of nitrogens with one attached hydrogen (secondary N) is 1. The van der Waals surface area contributed by atoms with Crippen molar-refractivity contribution < 1.29 is 10.0 Å². The van der Waals surface area contributed by atoms with Crippen LogP contribution >= 0.6 is 0 Å². The second-order valence-corrected chi connectivity index (χ2v) is 9.40. The van der Waals surface area contributed by atoms with Gasteiger partial charge in [0.05, 0.1) is 6.42 Å². The van der Waals surface area contributed by atoms with Gasteiger partial charge < -0.3 is 0 Å². The van der Waals surface area contributed by atoms with E-state index in [-0.39, 0.29) is 12.3 Å². The Labute approximate surface area is 157 Å². The zero-order chi connectivity index (χ0) is 18.0. The van der Waals surface area contributed by atoms with Crippen molar-refractivity contribution in [1.82, 2.24) is 5.48 Å². The van der Waals surface area contributed by atoms with E-state index in [2.05, 4.69) is 12.1 Å². The average molecular weight is 356 g/mol. The molecule has 3 nitrogen and oxygen atoms in total. The van der Waals surface area contributed by atoms with E-state index in [9.17, 15) is 4.79 Å². The largest absolute Gasteiger partial charge is 0.289 e. The van der Waals surface area contributed by atoms with Crippen LogP contribution in [0.4, 0.5) is 0 Å². The zero-order valence-corrected chi connectivity index (χ0v) is 15.9. The van der Waals surface area contributed by atoms with Crippen LogP contribution in [0.3, 0.4) is 0 Å². The Morgan fingerprint density at radius 1 is 1.04 bits per heavy atom. The summed E-state index contributed by atoms with van der Waals surface area (Å²) in [5.74, 6) is 2.82. The van der Waals surface area contributed by atoms with E-state index in [0.29, 0.717) is 5.41 Å². The number of unbranched alkanes of at least 4 members (excludes halogenated alkanes) is 1. The van der Waals surface area contributed by atoms with Gasteiger partial charge in [-0.1, -0.05) is 49.9 Å². The first-order valence-corrected chi connectivity index (χ1v) is 10.7. The number of rotatable bonds is 7. The highest BCUT2D eigenvalue weighted by molar-refractivity contribution is 5.77. The Balaban J connectivity index is 1.24. The van der Waals surface area contributed by atoms with E-state index in [4.69, 9.17) is 5.21 Å². The normalized spacial score (nSPS) is 32.4. The smallest absolute Gasteiger partial charge is 0.247 e. The lowest BCUT2D eigenvalue weighted by molar-refractivity contribution is -0.128. The summed E-state index contributed by atoms with van der Waals surface area (Å²) in [5, 5.41) is 8.60. The molecule has 4 rings (SSSR count). The third kappa shape index (κ3) is 3.98. The molecule has 3 heteroatoms. The maximum atomic E-state index is 11.2. The quantitative estimate of drug-likeness (QED) is 0.408. The second-order valence-electron chi connectivity index (χ2n) is 9.40. The molecule has 3 aliphatic carbocycles. The molecule has 1 aromatic rings. The molecular weight excluding hydrogens is 322 g/mol. The molecule has 4 atom stereocenters. The molecule has 0 aromatic heterocycles. The summed E-state index contributed by atoms with van der Waals surface area (Å²) in [5.41, 5.74) is 4.71. The highest BCUT2D eigenvalue weighted by Gasteiger charge is 2.50. The van der Waals surface area contributed by atoms with E-state index in [1.807, 2.05) is 12.1 Å². The highest BCUT2D eigenvalue weighted by atomic mass is 16.5. The van der Waals surface area contributed by atoms with Crippen molar-refractivity contribution in [3.63, 3.8) is 0 Å². The molecule has 1 aromatic carbocycles. The topological polar surface area (TPSA) is 49.3 Å². The molecule has 0 radical (unpaired) electrons. The maximum absolute atomic E-state index is 11.2. The van der Waals surface area contributed by atoms with Crippen LogP contribution in [-0.2, 0) is 17.6 Å². The van der Waals surface area contributed by atoms with E-state index < -0.39 is 0 Å². The van der Waals surface area contributed by atoms with Crippen LogP contribution < -0.4 is 5.48 Å². The first kappa shape index (κ1) is 18.0. The number of hydroxylamine groups is 1. The van der Waals surface area contributed by atoms with Gasteiger partial charge in [0.1, 0.15) is 0 Å². The van der Waals surface area contributed by atoms with Crippen LogP contribution in [0, 0.1) is 23.2 Å². The number of carbonyl (C=O) groups is 1. The predicted molar refractivity (Wildman–Crippen MR) is 103 cm³/mol. The standard InChI is InChI=1S/C23H33NO2/c25-22(24-26)13-18-9-7-17(8-10-18)4-1-2-11-23-14-19-5-3-6-20(15-23)21(12-19)16-23/h7-10,19-21,26H,1-6,11-16H2,(H,24,25). The van der Waals surface area contributed by atoms with Gasteiger partial charge in [0.2, 0.25) is 5.91 Å². The van der Waals surface area contributed by atoms with Crippen molar-refractivity contribution in [3.8, 4) is 0 Å². The summed E-state index contributed by atoms with van der Waals surface area (Å²) in [6, 6.07) is 8.28. The van der Waals surface area contributed by atoms with Crippen LogP contribution in [0.15, 0.2) is 24.3 Å². The summed E-state index contributed by atoms with van der Waals surface area (Å²) in [7, 11) is 0. The molecule has 3 bridgehead atoms. The van der Waals surface area contributed by atoms with Gasteiger partial charge in [-0.15, -0.1) is 0 Å². The first-order valence-electron chi connectivity index (χ1n) is 10.7. The third-order valence-corrected chi connectivity index (χ3v) is 7.54. The Kier molecular flexibility index (Phi) is 5.35. The Hall–Kier alpha value is -1.35. The molecule has 4 unspecified atom stereocenters. The molecule has 0 aliphatic heterocycles. The van der Waals surface area contributed by atoms with Crippen molar-refractivity contribution in [2.24, 2.45) is 23.2 Å². The third-order valence-electron chi connectivity index (χ3n) is 7.54. The van der Waals surface area contributed by atoms with Gasteiger partial charge in [0, 0.05) is 0 Å². The lowest BCUT2D eigenvalue weighted by Crippen LogP contribution is -2.26. The summed E-state index contributed by atoms with van der Waals surface area (Å²) < 4.78 is 0. The van der Waals surface area contributed by atoms with Gasteiger partial charge in [0.25, 0.3) is 0 Å². The minimum absolute atomic E-state index is 0.239. The van der Waals surface area contributed by atoms with Crippen molar-refractivity contribution in [2.75, 3.05) is 0 Å². The fourth-order valence-corrected chi connectivity index (χ4v) is 6.51. The predicted octanol–water partition coefficient (Wildman–Crippen LogP) is 5.05. The molecule has 3 fully saturated rings. The fourth-order valence-electron chi connectivity index (χ4n) is 6.51. The van der Waals surface area contributed by atoms with Crippen LogP contribution in [0.2, 0.25) is 0 Å². The minimum Gasteiger partial charge on any atom is -0.289 e. The molecule has 3 saturated carbocycles. The Morgan fingerprint density at radius 2 is 1.81 bits per heavy atom. The van der Waals surface area contributed by atoms with Crippen molar-refractivity contribution in [1.29, 1.82) is 0 Å². The lowest BCUT2D eigenvalue weighted by Gasteiger charge is -2.38. The average Bonchev–Trinajstić information content (AvgIpc) is 2.80. The highest BCUT2D eigenvalue weighted by Crippen LogP contribution is 2.61. The van der Waals surface area contributed by atoms with Crippen LogP contribution in [-0.4, -0.2) is 11.1 Å². The van der Waals surface area contributed by atoms with Gasteiger partial charge in [-0.3, -0.25) is 10.0 Å². The van der Waals surface area contributed by atoms with Gasteiger partial charge >= 0.3 is 0 Å². The van der Waals surface area contributed by atoms with Gasteiger partial charge in [-0.2, -0.15) is 0 Å². The maximum Gasteiger partial charge on any atom is 0.247 e. The Morgan fingerprint density at radius 3 is 2.62 bits per heavy atom. The van der Waals surface area contributed by atoms with Crippen LogP contribution in [0.1, 0.15) is 75.3 Å². The summed E-state index contributed by atoms with van der Waals surface area (Å²) in [6.45, 7) is 0. The number of benzene rings is 1. The first-order chi connectivity index (χ1) is 12.7.